The molecule has 2 aromatic heterocycles. The number of nitrogens with one attached hydrogen (secondary N) is 1. The number of benzene rings is 2. The Morgan fingerprint density at radius 1 is 1.08 bits per heavy atom. The maximum atomic E-state index is 13.7. The molecule has 0 amide bonds. The van der Waals surface area contributed by atoms with Gasteiger partial charge in [-0.05, 0) is 42.7 Å². The summed E-state index contributed by atoms with van der Waals surface area (Å²) < 4.78 is 36.3. The van der Waals surface area contributed by atoms with Crippen molar-refractivity contribution in [3.05, 3.63) is 76.2 Å². The molecular weight excluding hydrogens is 504 g/mol. The van der Waals surface area contributed by atoms with Crippen LogP contribution in [0.4, 0.5) is 0 Å². The fourth-order valence-electron chi connectivity index (χ4n) is 4.50. The third kappa shape index (κ3) is 5.67. The first-order chi connectivity index (χ1) is 18.3. The van der Waals surface area contributed by atoms with E-state index < -0.39 is 10.0 Å². The molecule has 4 aromatic rings. The van der Waals surface area contributed by atoms with Crippen LogP contribution in [0.15, 0.2) is 64.3 Å². The minimum Gasteiger partial charge on any atom is -0.493 e. The molecule has 0 saturated carbocycles. The van der Waals surface area contributed by atoms with Gasteiger partial charge in [-0.15, -0.1) is 0 Å². The standard InChI is InChI=1S/C28H34N4O5S/c1-4-9-24-23-18-25(29-28(34)27(23)31(3)30-24)22-17-21(12-13-26(22)37-16-5-2)38(35,36)32(14-15-33)19-20-10-7-6-8-11-20/h6-8,10-13,17-18,33H,4-5,9,14-16,19H2,1-3H3,(H,29,34). The maximum Gasteiger partial charge on any atom is 0.274 e. The number of aliphatic hydroxyl groups excluding tert-OH is 1. The summed E-state index contributed by atoms with van der Waals surface area (Å²) in [4.78, 5) is 16.1. The lowest BCUT2D eigenvalue weighted by Crippen LogP contribution is -2.33. The van der Waals surface area contributed by atoms with Crippen LogP contribution < -0.4 is 10.3 Å². The summed E-state index contributed by atoms with van der Waals surface area (Å²) in [6.07, 6.45) is 2.35. The number of hydrogen-bond acceptors (Lipinski definition) is 6. The van der Waals surface area contributed by atoms with Crippen molar-refractivity contribution >= 4 is 20.9 Å². The molecule has 2 heterocycles. The van der Waals surface area contributed by atoms with E-state index in [0.717, 1.165) is 29.5 Å². The minimum atomic E-state index is -3.99. The van der Waals surface area contributed by atoms with Crippen LogP contribution in [0.3, 0.4) is 0 Å². The molecule has 0 bridgehead atoms. The molecule has 0 radical (unpaired) electrons. The molecule has 2 N–H and O–H groups in total. The predicted octanol–water partition coefficient (Wildman–Crippen LogP) is 3.85. The number of hydrogen-bond donors (Lipinski definition) is 2. The number of pyridine rings is 1. The number of aliphatic hydroxyl groups is 1. The Bertz CT molecular complexity index is 1560. The molecule has 9 nitrogen and oxygen atoms in total. The van der Waals surface area contributed by atoms with Crippen LogP contribution in [0.2, 0.25) is 0 Å². The molecule has 0 saturated heterocycles. The zero-order chi connectivity index (χ0) is 27.3. The molecule has 38 heavy (non-hydrogen) atoms. The first-order valence-corrected chi connectivity index (χ1v) is 14.2. The van der Waals surface area contributed by atoms with Gasteiger partial charge in [-0.25, -0.2) is 8.42 Å². The lowest BCUT2D eigenvalue weighted by Gasteiger charge is -2.22. The molecule has 4 rings (SSSR count). The largest absolute Gasteiger partial charge is 0.493 e. The van der Waals surface area contributed by atoms with E-state index in [1.807, 2.05) is 50.2 Å². The minimum absolute atomic E-state index is 0.0432. The van der Waals surface area contributed by atoms with Crippen molar-refractivity contribution in [2.24, 2.45) is 7.05 Å². The topological polar surface area (TPSA) is 118 Å². The maximum absolute atomic E-state index is 13.7. The smallest absolute Gasteiger partial charge is 0.274 e. The van der Waals surface area contributed by atoms with Gasteiger partial charge >= 0.3 is 0 Å². The Labute approximate surface area is 222 Å². The molecule has 0 atom stereocenters. The van der Waals surface area contributed by atoms with Crippen LogP contribution in [-0.4, -0.2) is 52.4 Å². The van der Waals surface area contributed by atoms with Gasteiger partial charge < -0.3 is 14.8 Å². The Balaban J connectivity index is 1.85. The van der Waals surface area contributed by atoms with Crippen LogP contribution in [0.25, 0.3) is 22.2 Å². The van der Waals surface area contributed by atoms with Crippen molar-refractivity contribution in [1.82, 2.24) is 19.1 Å². The van der Waals surface area contributed by atoms with Gasteiger partial charge in [0.15, 0.2) is 0 Å². The monoisotopic (exact) mass is 538 g/mol. The average Bonchev–Trinajstić information content (AvgIpc) is 3.23. The third-order valence-electron chi connectivity index (χ3n) is 6.29. The number of H-pyrrole nitrogens is 1. The van der Waals surface area contributed by atoms with E-state index in [0.29, 0.717) is 35.6 Å². The molecule has 0 fully saturated rings. The first kappa shape index (κ1) is 27.6. The fraction of sp³-hybridized carbons (Fsp3) is 0.357. The number of aromatic amines is 1. The summed E-state index contributed by atoms with van der Waals surface area (Å²) in [7, 11) is -2.25. The van der Waals surface area contributed by atoms with Crippen LogP contribution in [-0.2, 0) is 30.0 Å². The molecule has 202 valence electrons. The Hall–Kier alpha value is -3.47. The lowest BCUT2D eigenvalue weighted by molar-refractivity contribution is 0.251. The van der Waals surface area contributed by atoms with E-state index in [2.05, 4.69) is 10.1 Å². The second-order valence-corrected chi connectivity index (χ2v) is 11.1. The first-order valence-electron chi connectivity index (χ1n) is 12.8. The summed E-state index contributed by atoms with van der Waals surface area (Å²) >= 11 is 0. The highest BCUT2D eigenvalue weighted by atomic mass is 32.2. The lowest BCUT2D eigenvalue weighted by atomic mass is 10.1. The predicted molar refractivity (Wildman–Crippen MR) is 148 cm³/mol. The van der Waals surface area contributed by atoms with Crippen LogP contribution >= 0.6 is 0 Å². The number of fused-ring (bicyclic) bond motifs is 1. The van der Waals surface area contributed by atoms with Crippen molar-refractivity contribution in [3.8, 4) is 17.0 Å². The van der Waals surface area contributed by atoms with Crippen LogP contribution in [0.5, 0.6) is 5.75 Å². The second kappa shape index (κ2) is 11.9. The zero-order valence-electron chi connectivity index (χ0n) is 22.0. The third-order valence-corrected chi connectivity index (χ3v) is 8.13. The van der Waals surface area contributed by atoms with Gasteiger partial charge in [0.2, 0.25) is 10.0 Å². The highest BCUT2D eigenvalue weighted by molar-refractivity contribution is 7.89. The Morgan fingerprint density at radius 3 is 2.53 bits per heavy atom. The molecule has 0 spiro atoms. The van der Waals surface area contributed by atoms with Gasteiger partial charge in [-0.2, -0.15) is 9.40 Å². The van der Waals surface area contributed by atoms with E-state index in [9.17, 15) is 18.3 Å². The normalized spacial score (nSPS) is 11.9. The second-order valence-electron chi connectivity index (χ2n) is 9.15. The number of nitrogens with zero attached hydrogens (tertiary/aromatic N) is 3. The van der Waals surface area contributed by atoms with Crippen LogP contribution in [0, 0.1) is 0 Å². The summed E-state index contributed by atoms with van der Waals surface area (Å²) in [5, 5.41) is 14.9. The number of sulfonamides is 1. The van der Waals surface area contributed by atoms with E-state index in [-0.39, 0.29) is 30.2 Å². The SMILES string of the molecule is CCCOc1ccc(S(=O)(=O)N(CCO)Cc2ccccc2)cc1-c1cc2c(CCC)nn(C)c2c(=O)[nH]1. The van der Waals surface area contributed by atoms with E-state index in [1.165, 1.54) is 16.4 Å². The van der Waals surface area contributed by atoms with Gasteiger partial charge in [0.25, 0.3) is 5.56 Å². The number of aromatic nitrogens is 3. The number of aryl methyl sites for hydroxylation is 2. The van der Waals surface area contributed by atoms with Gasteiger partial charge in [0, 0.05) is 31.1 Å². The van der Waals surface area contributed by atoms with Crippen molar-refractivity contribution in [3.63, 3.8) is 0 Å². The number of rotatable bonds is 12. The molecule has 0 aliphatic carbocycles. The van der Waals surface area contributed by atoms with E-state index in [1.54, 1.807) is 17.8 Å². The summed E-state index contributed by atoms with van der Waals surface area (Å²) in [5.41, 5.74) is 2.70. The van der Waals surface area contributed by atoms with Gasteiger partial charge in [0.1, 0.15) is 11.3 Å². The van der Waals surface area contributed by atoms with E-state index >= 15 is 0 Å². The van der Waals surface area contributed by atoms with Gasteiger partial charge in [0.05, 0.1) is 29.5 Å². The highest BCUT2D eigenvalue weighted by Gasteiger charge is 2.26. The summed E-state index contributed by atoms with van der Waals surface area (Å²) in [6.45, 7) is 4.21. The summed E-state index contributed by atoms with van der Waals surface area (Å²) in [5.74, 6) is 0.471. The molecule has 2 aromatic carbocycles. The Morgan fingerprint density at radius 2 is 1.84 bits per heavy atom. The van der Waals surface area contributed by atoms with Crippen molar-refractivity contribution in [2.45, 2.75) is 44.6 Å². The van der Waals surface area contributed by atoms with Gasteiger partial charge in [-0.3, -0.25) is 9.48 Å². The van der Waals surface area contributed by atoms with Crippen LogP contribution in [0.1, 0.15) is 37.9 Å². The molecule has 0 aliphatic rings. The van der Waals surface area contributed by atoms with Crippen molar-refractivity contribution < 1.29 is 18.3 Å². The Kier molecular flexibility index (Phi) is 8.65. The molecule has 0 unspecified atom stereocenters. The van der Waals surface area contributed by atoms with Crippen molar-refractivity contribution in [2.75, 3.05) is 19.8 Å². The van der Waals surface area contributed by atoms with E-state index in [4.69, 9.17) is 4.74 Å². The zero-order valence-corrected chi connectivity index (χ0v) is 22.8. The van der Waals surface area contributed by atoms with Gasteiger partial charge in [-0.1, -0.05) is 50.6 Å². The average molecular weight is 539 g/mol. The number of ether oxygens (including phenoxy) is 1. The quantitative estimate of drug-likeness (QED) is 0.283. The molecule has 10 heteroatoms. The molecular formula is C28H34N4O5S. The fourth-order valence-corrected chi connectivity index (χ4v) is 5.94. The summed E-state index contributed by atoms with van der Waals surface area (Å²) in [6, 6.07) is 15.7. The highest BCUT2D eigenvalue weighted by Crippen LogP contribution is 2.34. The van der Waals surface area contributed by atoms with Crippen molar-refractivity contribution in [1.29, 1.82) is 0 Å². The molecule has 0 aliphatic heterocycles.